The highest BCUT2D eigenvalue weighted by Crippen LogP contribution is 2.59. The summed E-state index contributed by atoms with van der Waals surface area (Å²) >= 11 is 0. The van der Waals surface area contributed by atoms with Crippen LogP contribution in [-0.4, -0.2) is 33.8 Å². The number of nitrogens with one attached hydrogen (secondary N) is 2. The molecule has 2 aromatic heterocycles. The van der Waals surface area contributed by atoms with Crippen LogP contribution in [0.4, 0.5) is 5.69 Å². The van der Waals surface area contributed by atoms with E-state index in [1.54, 1.807) is 24.1 Å². The van der Waals surface area contributed by atoms with Crippen molar-refractivity contribution >= 4 is 36.4 Å². The number of pyridine rings is 1. The first-order chi connectivity index (χ1) is 12.1. The molecular weight excluding hydrogens is 389 g/mol. The fraction of sp³-hybridized carbons (Fsp3) is 0.500. The molecule has 1 amide bonds. The minimum Gasteiger partial charge on any atom is -0.436 e. The standard InChI is InChI=1S/C18H23N5O2.2ClH/c1-12-15(17(23(2)22-12)25-13-4-3-7-20-11-13)21-16(24)14-10-18(14)5-8-19-9-6-18;;/h3-4,7,11,14,19H,5-6,8-10H2,1-2H3,(H,21,24);2*1H. The molecule has 148 valence electrons. The first-order valence-electron chi connectivity index (χ1n) is 8.72. The van der Waals surface area contributed by atoms with Gasteiger partial charge in [0.05, 0.1) is 11.9 Å². The van der Waals surface area contributed by atoms with Crippen LogP contribution >= 0.6 is 24.8 Å². The van der Waals surface area contributed by atoms with E-state index in [2.05, 4.69) is 20.7 Å². The quantitative estimate of drug-likeness (QED) is 0.804. The number of halogens is 2. The molecule has 2 aromatic rings. The third kappa shape index (κ3) is 4.20. The van der Waals surface area contributed by atoms with Gasteiger partial charge in [0.15, 0.2) is 0 Å². The number of ether oxygens (including phenoxy) is 1. The van der Waals surface area contributed by atoms with Crippen molar-refractivity contribution in [2.24, 2.45) is 18.4 Å². The molecule has 0 aromatic carbocycles. The third-order valence-electron chi connectivity index (χ3n) is 5.37. The second-order valence-corrected chi connectivity index (χ2v) is 7.04. The van der Waals surface area contributed by atoms with Crippen LogP contribution in [0.15, 0.2) is 24.5 Å². The first kappa shape index (κ1) is 21.5. The van der Waals surface area contributed by atoms with Crippen molar-refractivity contribution in [3.05, 3.63) is 30.2 Å². The highest BCUT2D eigenvalue weighted by molar-refractivity contribution is 5.96. The molecule has 1 saturated heterocycles. The molecule has 2 aliphatic rings. The van der Waals surface area contributed by atoms with E-state index in [-0.39, 0.29) is 42.1 Å². The Morgan fingerprint density at radius 1 is 1.37 bits per heavy atom. The highest BCUT2D eigenvalue weighted by atomic mass is 35.5. The molecule has 2 fully saturated rings. The van der Waals surface area contributed by atoms with Gasteiger partial charge in [0.2, 0.25) is 11.8 Å². The largest absolute Gasteiger partial charge is 0.436 e. The topological polar surface area (TPSA) is 81.1 Å². The summed E-state index contributed by atoms with van der Waals surface area (Å²) in [5.41, 5.74) is 1.60. The molecule has 1 saturated carbocycles. The predicted molar refractivity (Wildman–Crippen MR) is 108 cm³/mol. The monoisotopic (exact) mass is 413 g/mol. The number of anilines is 1. The molecule has 4 rings (SSSR count). The average Bonchev–Trinajstić information content (AvgIpc) is 3.25. The molecule has 1 spiro atoms. The summed E-state index contributed by atoms with van der Waals surface area (Å²) in [7, 11) is 1.81. The van der Waals surface area contributed by atoms with Crippen molar-refractivity contribution in [1.82, 2.24) is 20.1 Å². The molecule has 0 radical (unpaired) electrons. The summed E-state index contributed by atoms with van der Waals surface area (Å²) in [6, 6.07) is 3.63. The molecular formula is C18H25Cl2N5O2. The predicted octanol–water partition coefficient (Wildman–Crippen LogP) is 3.09. The van der Waals surface area contributed by atoms with Gasteiger partial charge in [-0.15, -0.1) is 24.8 Å². The van der Waals surface area contributed by atoms with Crippen LogP contribution < -0.4 is 15.4 Å². The molecule has 1 unspecified atom stereocenters. The molecule has 9 heteroatoms. The Balaban J connectivity index is 0.00000131. The third-order valence-corrected chi connectivity index (χ3v) is 5.37. The zero-order valence-electron chi connectivity index (χ0n) is 15.4. The lowest BCUT2D eigenvalue weighted by atomic mass is 9.92. The van der Waals surface area contributed by atoms with Crippen LogP contribution in [0.5, 0.6) is 11.6 Å². The second kappa shape index (κ2) is 8.46. The van der Waals surface area contributed by atoms with E-state index in [0.29, 0.717) is 17.3 Å². The van der Waals surface area contributed by atoms with Crippen molar-refractivity contribution in [3.8, 4) is 11.6 Å². The van der Waals surface area contributed by atoms with Gasteiger partial charge in [-0.25, -0.2) is 4.68 Å². The Hall–Kier alpha value is -1.83. The van der Waals surface area contributed by atoms with E-state index in [1.807, 2.05) is 19.1 Å². The fourth-order valence-electron chi connectivity index (χ4n) is 3.82. The second-order valence-electron chi connectivity index (χ2n) is 7.04. The number of nitrogens with zero attached hydrogens (tertiary/aromatic N) is 3. The molecule has 7 nitrogen and oxygen atoms in total. The maximum atomic E-state index is 12.8. The van der Waals surface area contributed by atoms with Gasteiger partial charge in [-0.3, -0.25) is 9.78 Å². The molecule has 2 N–H and O–H groups in total. The van der Waals surface area contributed by atoms with Gasteiger partial charge in [-0.1, -0.05) is 0 Å². The van der Waals surface area contributed by atoms with E-state index in [0.717, 1.165) is 38.0 Å². The summed E-state index contributed by atoms with van der Waals surface area (Å²) in [5.74, 6) is 1.32. The molecule has 27 heavy (non-hydrogen) atoms. The van der Waals surface area contributed by atoms with Gasteiger partial charge in [-0.05, 0) is 56.8 Å². The lowest BCUT2D eigenvalue weighted by Gasteiger charge is -2.23. The van der Waals surface area contributed by atoms with E-state index in [9.17, 15) is 4.79 Å². The summed E-state index contributed by atoms with van der Waals surface area (Å²) in [5, 5.41) is 10.8. The van der Waals surface area contributed by atoms with E-state index < -0.39 is 0 Å². The number of aryl methyl sites for hydroxylation is 2. The molecule has 1 aliphatic heterocycles. The fourth-order valence-corrected chi connectivity index (χ4v) is 3.82. The lowest BCUT2D eigenvalue weighted by molar-refractivity contribution is -0.118. The van der Waals surface area contributed by atoms with Crippen LogP contribution in [-0.2, 0) is 11.8 Å². The number of carbonyl (C=O) groups excluding carboxylic acids is 1. The first-order valence-corrected chi connectivity index (χ1v) is 8.72. The smallest absolute Gasteiger partial charge is 0.241 e. The number of piperidine rings is 1. The van der Waals surface area contributed by atoms with Crippen LogP contribution in [0.1, 0.15) is 25.0 Å². The van der Waals surface area contributed by atoms with Crippen molar-refractivity contribution in [3.63, 3.8) is 0 Å². The number of hydrogen-bond donors (Lipinski definition) is 2. The summed E-state index contributed by atoms with van der Waals surface area (Å²) in [6.45, 7) is 3.88. The number of aromatic nitrogens is 3. The van der Waals surface area contributed by atoms with E-state index in [1.165, 1.54) is 0 Å². The number of amides is 1. The normalized spacial score (nSPS) is 19.6. The van der Waals surface area contributed by atoms with Gasteiger partial charge >= 0.3 is 0 Å². The Labute approximate surface area is 171 Å². The van der Waals surface area contributed by atoms with Crippen LogP contribution in [0.25, 0.3) is 0 Å². The van der Waals surface area contributed by atoms with E-state index >= 15 is 0 Å². The highest BCUT2D eigenvalue weighted by Gasteiger charge is 2.57. The van der Waals surface area contributed by atoms with Crippen molar-refractivity contribution < 1.29 is 9.53 Å². The van der Waals surface area contributed by atoms with Crippen molar-refractivity contribution in [2.45, 2.75) is 26.2 Å². The zero-order chi connectivity index (χ0) is 17.4. The zero-order valence-corrected chi connectivity index (χ0v) is 17.0. The maximum absolute atomic E-state index is 12.8. The summed E-state index contributed by atoms with van der Waals surface area (Å²) < 4.78 is 7.56. The number of rotatable bonds is 4. The Kier molecular flexibility index (Phi) is 6.72. The molecule has 3 heterocycles. The Morgan fingerprint density at radius 2 is 2.11 bits per heavy atom. The Bertz CT molecular complexity index is 791. The number of carbonyl (C=O) groups is 1. The Morgan fingerprint density at radius 3 is 2.78 bits per heavy atom. The minimum atomic E-state index is 0. The van der Waals surface area contributed by atoms with Gasteiger partial charge in [-0.2, -0.15) is 5.10 Å². The molecule has 1 aliphatic carbocycles. The van der Waals surface area contributed by atoms with Crippen molar-refractivity contribution in [1.29, 1.82) is 0 Å². The van der Waals surface area contributed by atoms with Gasteiger partial charge in [0, 0.05) is 19.2 Å². The van der Waals surface area contributed by atoms with Crippen molar-refractivity contribution in [2.75, 3.05) is 18.4 Å². The SMILES string of the molecule is Cc1nn(C)c(Oc2cccnc2)c1NC(=O)C1CC12CCNCC2.Cl.Cl. The molecule has 0 bridgehead atoms. The molecule has 1 atom stereocenters. The lowest BCUT2D eigenvalue weighted by Crippen LogP contribution is -2.31. The number of hydrogen-bond acceptors (Lipinski definition) is 5. The van der Waals surface area contributed by atoms with Crippen LogP contribution in [0.3, 0.4) is 0 Å². The van der Waals surface area contributed by atoms with Crippen LogP contribution in [0.2, 0.25) is 0 Å². The van der Waals surface area contributed by atoms with Gasteiger partial charge in [0.25, 0.3) is 0 Å². The van der Waals surface area contributed by atoms with Gasteiger partial charge < -0.3 is 15.4 Å². The van der Waals surface area contributed by atoms with Gasteiger partial charge in [0.1, 0.15) is 11.4 Å². The minimum absolute atomic E-state index is 0. The average molecular weight is 414 g/mol. The van der Waals surface area contributed by atoms with E-state index in [4.69, 9.17) is 4.74 Å². The summed E-state index contributed by atoms with van der Waals surface area (Å²) in [6.07, 6.45) is 6.47. The maximum Gasteiger partial charge on any atom is 0.241 e. The van der Waals surface area contributed by atoms with Crippen LogP contribution in [0, 0.1) is 18.3 Å². The summed E-state index contributed by atoms with van der Waals surface area (Å²) in [4.78, 5) is 16.8.